The number of nitrogens with zero attached hydrogens (tertiary/aromatic N) is 3. The van der Waals surface area contributed by atoms with Crippen molar-refractivity contribution in [3.63, 3.8) is 0 Å². The molecule has 2 heterocycles. The Morgan fingerprint density at radius 3 is 2.55 bits per heavy atom. The zero-order valence-electron chi connectivity index (χ0n) is 18.0. The molecular formula is C21H37N5O3. The summed E-state index contributed by atoms with van der Waals surface area (Å²) in [6, 6.07) is 0.160. The number of aliphatic imine (C=N–C) groups is 1. The molecule has 2 N–H and O–H groups in total. The Morgan fingerprint density at radius 2 is 1.86 bits per heavy atom. The average Bonchev–Trinajstić information content (AvgIpc) is 3.42. The third-order valence-corrected chi connectivity index (χ3v) is 6.19. The summed E-state index contributed by atoms with van der Waals surface area (Å²) >= 11 is 0. The van der Waals surface area contributed by atoms with Gasteiger partial charge in [-0.2, -0.15) is 0 Å². The van der Waals surface area contributed by atoms with Crippen LogP contribution in [-0.2, 0) is 14.3 Å². The SMILES string of the molecule is CN(C)C(=O)CN=C(NCC1CCCCO1)NC1CCN(C(=O)C2CCCC2)C1. The van der Waals surface area contributed by atoms with Crippen LogP contribution in [-0.4, -0.2) is 86.6 Å². The van der Waals surface area contributed by atoms with Gasteiger partial charge in [0, 0.05) is 52.3 Å². The molecular weight excluding hydrogens is 370 g/mol. The van der Waals surface area contributed by atoms with E-state index in [1.165, 1.54) is 19.3 Å². The van der Waals surface area contributed by atoms with Gasteiger partial charge in [0.1, 0.15) is 6.54 Å². The molecule has 0 aromatic rings. The number of hydrogen-bond acceptors (Lipinski definition) is 4. The topological polar surface area (TPSA) is 86.3 Å². The van der Waals surface area contributed by atoms with Crippen molar-refractivity contribution in [1.29, 1.82) is 0 Å². The molecule has 1 saturated carbocycles. The van der Waals surface area contributed by atoms with Crippen LogP contribution < -0.4 is 10.6 Å². The second-order valence-corrected chi connectivity index (χ2v) is 8.72. The van der Waals surface area contributed by atoms with E-state index in [1.807, 2.05) is 4.90 Å². The van der Waals surface area contributed by atoms with Crippen molar-refractivity contribution in [2.24, 2.45) is 10.9 Å². The lowest BCUT2D eigenvalue weighted by Crippen LogP contribution is -2.48. The summed E-state index contributed by atoms with van der Waals surface area (Å²) in [5.74, 6) is 1.14. The van der Waals surface area contributed by atoms with Crippen molar-refractivity contribution < 1.29 is 14.3 Å². The van der Waals surface area contributed by atoms with E-state index in [2.05, 4.69) is 15.6 Å². The summed E-state index contributed by atoms with van der Waals surface area (Å²) in [5, 5.41) is 6.79. The number of likely N-dealkylation sites (N-methyl/N-ethyl adjacent to an activating group) is 1. The molecule has 3 fully saturated rings. The average molecular weight is 408 g/mol. The number of ether oxygens (including phenoxy) is 1. The molecule has 2 saturated heterocycles. The highest BCUT2D eigenvalue weighted by atomic mass is 16.5. The summed E-state index contributed by atoms with van der Waals surface area (Å²) < 4.78 is 5.79. The first-order valence-electron chi connectivity index (χ1n) is 11.2. The largest absolute Gasteiger partial charge is 0.376 e. The lowest BCUT2D eigenvalue weighted by molar-refractivity contribution is -0.134. The van der Waals surface area contributed by atoms with Gasteiger partial charge in [0.2, 0.25) is 11.8 Å². The highest BCUT2D eigenvalue weighted by Gasteiger charge is 2.32. The van der Waals surface area contributed by atoms with E-state index in [0.29, 0.717) is 25.0 Å². The molecule has 3 aliphatic rings. The Kier molecular flexibility index (Phi) is 8.15. The smallest absolute Gasteiger partial charge is 0.243 e. The Morgan fingerprint density at radius 1 is 1.10 bits per heavy atom. The molecule has 164 valence electrons. The van der Waals surface area contributed by atoms with Crippen LogP contribution in [0.3, 0.4) is 0 Å². The van der Waals surface area contributed by atoms with E-state index in [0.717, 1.165) is 45.3 Å². The van der Waals surface area contributed by atoms with E-state index < -0.39 is 0 Å². The Labute approximate surface area is 174 Å². The first-order chi connectivity index (χ1) is 14.0. The number of rotatable bonds is 6. The lowest BCUT2D eigenvalue weighted by Gasteiger charge is -2.25. The minimum Gasteiger partial charge on any atom is -0.376 e. The second kappa shape index (κ2) is 10.8. The lowest BCUT2D eigenvalue weighted by atomic mass is 10.1. The van der Waals surface area contributed by atoms with Crippen LogP contribution in [0.2, 0.25) is 0 Å². The van der Waals surface area contributed by atoms with Gasteiger partial charge in [0.15, 0.2) is 5.96 Å². The van der Waals surface area contributed by atoms with Gasteiger partial charge in [-0.25, -0.2) is 4.99 Å². The van der Waals surface area contributed by atoms with Gasteiger partial charge >= 0.3 is 0 Å². The summed E-state index contributed by atoms with van der Waals surface area (Å²) in [5.41, 5.74) is 0. The van der Waals surface area contributed by atoms with Gasteiger partial charge in [0.25, 0.3) is 0 Å². The molecule has 1 aliphatic carbocycles. The van der Waals surface area contributed by atoms with Crippen LogP contribution in [0.25, 0.3) is 0 Å². The molecule has 0 aromatic carbocycles. The van der Waals surface area contributed by atoms with Crippen molar-refractivity contribution >= 4 is 17.8 Å². The predicted molar refractivity (Wildman–Crippen MR) is 113 cm³/mol. The first-order valence-corrected chi connectivity index (χ1v) is 11.2. The molecule has 0 radical (unpaired) electrons. The molecule has 29 heavy (non-hydrogen) atoms. The number of nitrogens with one attached hydrogen (secondary N) is 2. The van der Waals surface area contributed by atoms with Crippen molar-refractivity contribution in [3.05, 3.63) is 0 Å². The van der Waals surface area contributed by atoms with Gasteiger partial charge in [-0.1, -0.05) is 12.8 Å². The minimum absolute atomic E-state index is 0.0375. The fourth-order valence-electron chi connectivity index (χ4n) is 4.32. The Balaban J connectivity index is 1.53. The van der Waals surface area contributed by atoms with Crippen molar-refractivity contribution in [2.75, 3.05) is 46.9 Å². The van der Waals surface area contributed by atoms with E-state index in [4.69, 9.17) is 4.74 Å². The quantitative estimate of drug-likeness (QED) is 0.506. The summed E-state index contributed by atoms with van der Waals surface area (Å²) in [6.07, 6.45) is 8.87. The molecule has 2 atom stereocenters. The zero-order chi connectivity index (χ0) is 20.6. The number of likely N-dealkylation sites (tertiary alicyclic amines) is 1. The van der Waals surface area contributed by atoms with Crippen LogP contribution >= 0.6 is 0 Å². The van der Waals surface area contributed by atoms with Gasteiger partial charge in [0.05, 0.1) is 6.10 Å². The van der Waals surface area contributed by atoms with Crippen molar-refractivity contribution in [3.8, 4) is 0 Å². The molecule has 8 nitrogen and oxygen atoms in total. The van der Waals surface area contributed by atoms with Crippen LogP contribution in [0.4, 0.5) is 0 Å². The summed E-state index contributed by atoms with van der Waals surface area (Å²) in [4.78, 5) is 32.7. The third-order valence-electron chi connectivity index (χ3n) is 6.19. The number of amides is 2. The number of hydrogen-bond donors (Lipinski definition) is 2. The normalized spacial score (nSPS) is 25.9. The Hall–Kier alpha value is -1.83. The highest BCUT2D eigenvalue weighted by Crippen LogP contribution is 2.27. The summed E-state index contributed by atoms with van der Waals surface area (Å²) in [6.45, 7) is 3.09. The monoisotopic (exact) mass is 407 g/mol. The fraction of sp³-hybridized carbons (Fsp3) is 0.857. The number of carbonyl (C=O) groups is 2. The van der Waals surface area contributed by atoms with E-state index >= 15 is 0 Å². The molecule has 3 rings (SSSR count). The van der Waals surface area contributed by atoms with Gasteiger partial charge < -0.3 is 25.2 Å². The predicted octanol–water partition coefficient (Wildman–Crippen LogP) is 0.970. The minimum atomic E-state index is -0.0375. The maximum absolute atomic E-state index is 12.7. The molecule has 0 bridgehead atoms. The van der Waals surface area contributed by atoms with Crippen LogP contribution in [0.5, 0.6) is 0 Å². The maximum atomic E-state index is 12.7. The molecule has 2 unspecified atom stereocenters. The number of guanidine groups is 1. The number of carbonyl (C=O) groups excluding carboxylic acids is 2. The fourth-order valence-corrected chi connectivity index (χ4v) is 4.32. The zero-order valence-corrected chi connectivity index (χ0v) is 18.0. The molecule has 8 heteroatoms. The standard InChI is InChI=1S/C21H37N5O3/c1-25(2)19(27)14-23-21(22-13-18-9-5-6-12-29-18)24-17-10-11-26(15-17)20(28)16-7-3-4-8-16/h16-18H,3-15H2,1-2H3,(H2,22,23,24). The van der Waals surface area contributed by atoms with Crippen LogP contribution in [0, 0.1) is 5.92 Å². The van der Waals surface area contributed by atoms with Crippen molar-refractivity contribution in [2.45, 2.75) is 63.5 Å². The molecule has 2 amide bonds. The third kappa shape index (κ3) is 6.59. The Bertz CT molecular complexity index is 583. The maximum Gasteiger partial charge on any atom is 0.243 e. The van der Waals surface area contributed by atoms with E-state index in [1.54, 1.807) is 19.0 Å². The van der Waals surface area contributed by atoms with Gasteiger partial charge in [-0.3, -0.25) is 9.59 Å². The van der Waals surface area contributed by atoms with Gasteiger partial charge in [-0.15, -0.1) is 0 Å². The summed E-state index contributed by atoms with van der Waals surface area (Å²) in [7, 11) is 3.47. The van der Waals surface area contributed by atoms with Crippen LogP contribution in [0.15, 0.2) is 4.99 Å². The van der Waals surface area contributed by atoms with E-state index in [9.17, 15) is 9.59 Å². The second-order valence-electron chi connectivity index (χ2n) is 8.72. The van der Waals surface area contributed by atoms with E-state index in [-0.39, 0.29) is 30.5 Å². The van der Waals surface area contributed by atoms with Gasteiger partial charge in [-0.05, 0) is 38.5 Å². The highest BCUT2D eigenvalue weighted by molar-refractivity contribution is 5.85. The molecule has 2 aliphatic heterocycles. The molecule has 0 aromatic heterocycles. The molecule has 0 spiro atoms. The van der Waals surface area contributed by atoms with Crippen LogP contribution in [0.1, 0.15) is 51.4 Å². The first kappa shape index (κ1) is 21.9. The van der Waals surface area contributed by atoms with Crippen molar-refractivity contribution in [1.82, 2.24) is 20.4 Å².